The molecule has 0 aromatic heterocycles. The Bertz CT molecular complexity index is 570. The molecule has 0 amide bonds. The molecule has 18 heavy (non-hydrogen) atoms. The smallest absolute Gasteiger partial charge is 1.00 e. The van der Waals surface area contributed by atoms with E-state index in [2.05, 4.69) is 11.1 Å². The normalized spacial score (nSPS) is 10.3. The van der Waals surface area contributed by atoms with E-state index in [-0.39, 0.29) is 26.0 Å². The van der Waals surface area contributed by atoms with Gasteiger partial charge in [0.15, 0.2) is 0 Å². The van der Waals surface area contributed by atoms with Crippen LogP contribution in [0.15, 0.2) is 47.5 Å². The zero-order valence-electron chi connectivity index (χ0n) is 12.0. The van der Waals surface area contributed by atoms with Gasteiger partial charge in [-0.2, -0.15) is 0 Å². The first kappa shape index (κ1) is 14.6. The van der Waals surface area contributed by atoms with Crippen molar-refractivity contribution >= 4 is 11.9 Å². The van der Waals surface area contributed by atoms with Crippen LogP contribution in [-0.4, -0.2) is 11.3 Å². The molecular weight excluding hydrogens is 217 g/mol. The Kier molecular flexibility index (Phi) is 5.21. The monoisotopic (exact) mass is 233 g/mol. The summed E-state index contributed by atoms with van der Waals surface area (Å²) >= 11 is 0. The average Bonchev–Trinajstić information content (AvgIpc) is 2.32. The summed E-state index contributed by atoms with van der Waals surface area (Å²) in [7, 11) is 0. The maximum Gasteiger partial charge on any atom is 1.00 e. The second-order valence-corrected chi connectivity index (χ2v) is 4.11. The Morgan fingerprint density at radius 3 is 2.56 bits per heavy atom. The Hall–Kier alpha value is -1.49. The van der Waals surface area contributed by atoms with Crippen LogP contribution in [0.5, 0.6) is 5.75 Å². The number of phenols is 1. The molecule has 1 N–H and O–H groups in total. The number of para-hydroxylation sites is 1. The largest absolute Gasteiger partial charge is 1.00 e. The molecule has 0 fully saturated rings. The van der Waals surface area contributed by atoms with Gasteiger partial charge in [0.1, 0.15) is 5.75 Å². The zero-order valence-corrected chi connectivity index (χ0v) is 11.0. The number of hydrogen-bond acceptors (Lipinski definition) is 2. The topological polar surface area (TPSA) is 32.6 Å². The summed E-state index contributed by atoms with van der Waals surface area (Å²) in [4.78, 5) is 4.41. The van der Waals surface area contributed by atoms with Crippen LogP contribution in [0.4, 0.5) is 5.69 Å². The van der Waals surface area contributed by atoms with E-state index in [9.17, 15) is 5.11 Å². The average molecular weight is 233 g/mol. The summed E-state index contributed by atoms with van der Waals surface area (Å²) in [6.07, 6.45) is 1.69. The van der Waals surface area contributed by atoms with E-state index in [1.54, 1.807) is 18.3 Å². The fraction of sp³-hybridized carbons (Fsp3) is 0.133. The summed E-state index contributed by atoms with van der Waals surface area (Å²) in [5.74, 6) is 0.251. The number of aliphatic imine (C=N–C) groups is 1. The van der Waals surface area contributed by atoms with Gasteiger partial charge >= 0.3 is 18.9 Å². The van der Waals surface area contributed by atoms with E-state index in [1.165, 1.54) is 5.56 Å². The van der Waals surface area contributed by atoms with E-state index < -0.39 is 0 Å². The summed E-state index contributed by atoms with van der Waals surface area (Å²) in [6, 6.07) is 13.3. The number of aromatic hydroxyl groups is 1. The number of nitrogens with zero attached hydrogens (tertiary/aromatic N) is 1. The van der Waals surface area contributed by atoms with Crippen molar-refractivity contribution in [3.05, 3.63) is 59.2 Å². The van der Waals surface area contributed by atoms with Crippen molar-refractivity contribution in [2.75, 3.05) is 0 Å². The molecular formula is C15H16LiNO. The first-order chi connectivity index (χ1) is 8.16. The third-order valence-electron chi connectivity index (χ3n) is 2.64. The zero-order chi connectivity index (χ0) is 12.3. The van der Waals surface area contributed by atoms with Gasteiger partial charge in [-0.1, -0.05) is 24.3 Å². The third kappa shape index (κ3) is 3.50. The molecule has 2 aromatic rings. The fourth-order valence-electron chi connectivity index (χ4n) is 1.59. The Morgan fingerprint density at radius 1 is 1.11 bits per heavy atom. The minimum atomic E-state index is 0. The van der Waals surface area contributed by atoms with Crippen LogP contribution >= 0.6 is 0 Å². The summed E-state index contributed by atoms with van der Waals surface area (Å²) in [5, 5.41) is 9.62. The molecule has 0 heterocycles. The number of rotatable bonds is 2. The molecule has 0 aliphatic rings. The molecule has 2 nitrogen and oxygen atoms in total. The molecule has 3 heteroatoms. The Morgan fingerprint density at radius 2 is 1.83 bits per heavy atom. The van der Waals surface area contributed by atoms with E-state index in [4.69, 9.17) is 0 Å². The van der Waals surface area contributed by atoms with Crippen molar-refractivity contribution in [3.63, 3.8) is 0 Å². The van der Waals surface area contributed by atoms with Crippen molar-refractivity contribution in [1.82, 2.24) is 0 Å². The maximum atomic E-state index is 9.62. The molecule has 0 aliphatic heterocycles. The summed E-state index contributed by atoms with van der Waals surface area (Å²) in [6.45, 7) is 4.06. The molecule has 0 unspecified atom stereocenters. The predicted molar refractivity (Wildman–Crippen MR) is 72.4 cm³/mol. The molecule has 0 aliphatic carbocycles. The maximum absolute atomic E-state index is 9.62. The van der Waals surface area contributed by atoms with Crippen molar-refractivity contribution in [1.29, 1.82) is 0 Å². The van der Waals surface area contributed by atoms with E-state index >= 15 is 0 Å². The summed E-state index contributed by atoms with van der Waals surface area (Å²) in [5.41, 5.74) is 3.98. The first-order valence-corrected chi connectivity index (χ1v) is 5.56. The second-order valence-electron chi connectivity index (χ2n) is 4.11. The van der Waals surface area contributed by atoms with E-state index in [0.29, 0.717) is 0 Å². The molecule has 0 bridgehead atoms. The van der Waals surface area contributed by atoms with Gasteiger partial charge in [0.25, 0.3) is 0 Å². The van der Waals surface area contributed by atoms with Gasteiger partial charge in [0, 0.05) is 11.8 Å². The van der Waals surface area contributed by atoms with Crippen LogP contribution in [0.25, 0.3) is 0 Å². The van der Waals surface area contributed by atoms with Crippen LogP contribution in [0.3, 0.4) is 0 Å². The Labute approximate surface area is 121 Å². The number of aryl methyl sites for hydroxylation is 2. The van der Waals surface area contributed by atoms with Gasteiger partial charge in [-0.05, 0) is 43.2 Å². The van der Waals surface area contributed by atoms with Crippen molar-refractivity contribution < 1.29 is 25.4 Å². The van der Waals surface area contributed by atoms with Crippen LogP contribution in [0.2, 0.25) is 0 Å². The van der Waals surface area contributed by atoms with Gasteiger partial charge < -0.3 is 6.53 Å². The van der Waals surface area contributed by atoms with Crippen LogP contribution in [-0.2, 0) is 0 Å². The molecule has 2 aromatic carbocycles. The number of phenolic OH excluding ortho intramolecular Hbond substituents is 1. The standard InChI is InChI=1S/C15H15NO.Li.H/c1-11-7-8-12(2)14(9-11)16-10-13-5-3-4-6-15(13)17;;/h3-10,17H,1-2H3;;/q;+1;-1. The fourth-order valence-corrected chi connectivity index (χ4v) is 1.59. The van der Waals surface area contributed by atoms with E-state index in [1.807, 2.05) is 38.1 Å². The molecule has 0 radical (unpaired) electrons. The third-order valence-corrected chi connectivity index (χ3v) is 2.64. The second kappa shape index (κ2) is 6.44. The predicted octanol–water partition coefficient (Wildman–Crippen LogP) is 0.876. The number of hydrogen-bond donors (Lipinski definition) is 1. The SMILES string of the molecule is Cc1ccc(C)c(N=Cc2ccccc2O)c1.[H-].[Li+]. The van der Waals surface area contributed by atoms with E-state index in [0.717, 1.165) is 16.8 Å². The van der Waals surface area contributed by atoms with Crippen molar-refractivity contribution in [3.8, 4) is 5.75 Å². The van der Waals surface area contributed by atoms with Gasteiger partial charge in [-0.15, -0.1) is 0 Å². The molecule has 2 rings (SSSR count). The van der Waals surface area contributed by atoms with Crippen LogP contribution < -0.4 is 18.9 Å². The number of benzene rings is 2. The van der Waals surface area contributed by atoms with Gasteiger partial charge in [-0.3, -0.25) is 4.99 Å². The molecule has 0 saturated carbocycles. The van der Waals surface area contributed by atoms with Crippen molar-refractivity contribution in [2.45, 2.75) is 13.8 Å². The minimum absolute atomic E-state index is 0. The first-order valence-electron chi connectivity index (χ1n) is 5.56. The molecule has 0 saturated heterocycles. The summed E-state index contributed by atoms with van der Waals surface area (Å²) < 4.78 is 0. The Balaban J connectivity index is 0.00000162. The molecule has 88 valence electrons. The van der Waals surface area contributed by atoms with Gasteiger partial charge in [0.2, 0.25) is 0 Å². The van der Waals surface area contributed by atoms with Gasteiger partial charge in [-0.25, -0.2) is 0 Å². The van der Waals surface area contributed by atoms with Gasteiger partial charge in [0.05, 0.1) is 5.69 Å². The van der Waals surface area contributed by atoms with Crippen LogP contribution in [0.1, 0.15) is 18.1 Å². The van der Waals surface area contributed by atoms with Crippen molar-refractivity contribution in [2.24, 2.45) is 4.99 Å². The molecule has 0 spiro atoms. The quantitative estimate of drug-likeness (QED) is 0.606. The molecule has 0 atom stereocenters. The minimum Gasteiger partial charge on any atom is -1.00 e. The van der Waals surface area contributed by atoms with Crippen LogP contribution in [0, 0.1) is 13.8 Å².